The third kappa shape index (κ3) is 5.15. The molecule has 0 saturated carbocycles. The Labute approximate surface area is 197 Å². The van der Waals surface area contributed by atoms with Crippen LogP contribution in [0.2, 0.25) is 0 Å². The third-order valence-corrected chi connectivity index (χ3v) is 7.56. The highest BCUT2D eigenvalue weighted by Crippen LogP contribution is 2.22. The topological polar surface area (TPSA) is 127 Å². The summed E-state index contributed by atoms with van der Waals surface area (Å²) in [5.41, 5.74) is 1.87. The monoisotopic (exact) mass is 483 g/mol. The molecule has 1 N–H and O–H groups in total. The van der Waals surface area contributed by atoms with E-state index in [2.05, 4.69) is 10.4 Å². The first-order valence-electron chi connectivity index (χ1n) is 10.9. The Kier molecular flexibility index (Phi) is 6.75. The molecule has 0 radical (unpaired) electrons. The zero-order valence-electron chi connectivity index (χ0n) is 18.7. The number of carbonyl (C=O) groups excluding carboxylic acids is 1. The molecule has 1 aromatic heterocycles. The Morgan fingerprint density at radius 2 is 1.71 bits per heavy atom. The summed E-state index contributed by atoms with van der Waals surface area (Å²) in [6.45, 7) is 2.85. The summed E-state index contributed by atoms with van der Waals surface area (Å²) in [4.78, 5) is 23.3. The maximum Gasteiger partial charge on any atom is 0.269 e. The average molecular weight is 484 g/mol. The minimum Gasteiger partial charge on any atom is -0.310 e. The second-order valence-electron chi connectivity index (χ2n) is 8.19. The van der Waals surface area contributed by atoms with Crippen molar-refractivity contribution in [3.63, 3.8) is 0 Å². The van der Waals surface area contributed by atoms with Gasteiger partial charge in [-0.3, -0.25) is 14.9 Å². The molecule has 34 heavy (non-hydrogen) atoms. The molecule has 0 unspecified atom stereocenters. The van der Waals surface area contributed by atoms with Crippen molar-refractivity contribution in [2.24, 2.45) is 0 Å². The zero-order valence-corrected chi connectivity index (χ0v) is 19.5. The van der Waals surface area contributed by atoms with Gasteiger partial charge < -0.3 is 5.32 Å². The molecule has 0 aliphatic carbocycles. The maximum atomic E-state index is 12.8. The van der Waals surface area contributed by atoms with Crippen LogP contribution in [0.4, 0.5) is 11.5 Å². The van der Waals surface area contributed by atoms with Crippen molar-refractivity contribution in [2.45, 2.75) is 37.5 Å². The van der Waals surface area contributed by atoms with E-state index < -0.39 is 14.9 Å². The second kappa shape index (κ2) is 9.74. The van der Waals surface area contributed by atoms with Crippen molar-refractivity contribution < 1.29 is 18.1 Å². The van der Waals surface area contributed by atoms with E-state index in [1.807, 2.05) is 0 Å². The third-order valence-electron chi connectivity index (χ3n) is 5.64. The van der Waals surface area contributed by atoms with Gasteiger partial charge in [-0.1, -0.05) is 18.6 Å². The number of sulfonamides is 1. The fourth-order valence-corrected chi connectivity index (χ4v) is 5.42. The highest BCUT2D eigenvalue weighted by atomic mass is 32.2. The summed E-state index contributed by atoms with van der Waals surface area (Å²) in [5.74, 6) is 0.135. The van der Waals surface area contributed by atoms with Gasteiger partial charge in [0, 0.05) is 31.3 Å². The second-order valence-corrected chi connectivity index (χ2v) is 10.1. The zero-order chi connectivity index (χ0) is 24.3. The number of anilines is 1. The Hall–Kier alpha value is -3.57. The summed E-state index contributed by atoms with van der Waals surface area (Å²) >= 11 is 0. The largest absolute Gasteiger partial charge is 0.310 e. The van der Waals surface area contributed by atoms with Gasteiger partial charge in [0.15, 0.2) is 0 Å². The maximum absolute atomic E-state index is 12.8. The molecule has 2 heterocycles. The van der Waals surface area contributed by atoms with Crippen LogP contribution in [0.25, 0.3) is 5.69 Å². The van der Waals surface area contributed by atoms with Crippen molar-refractivity contribution in [3.8, 4) is 5.69 Å². The molecule has 0 spiro atoms. The van der Waals surface area contributed by atoms with E-state index in [-0.39, 0.29) is 22.9 Å². The number of amides is 1. The lowest BCUT2D eigenvalue weighted by atomic mass is 10.1. The van der Waals surface area contributed by atoms with Crippen LogP contribution in [-0.4, -0.2) is 46.4 Å². The molecular formula is C23H25N5O5S. The molecule has 2 aromatic carbocycles. The number of piperidine rings is 1. The molecule has 0 atom stereocenters. The van der Waals surface area contributed by atoms with E-state index >= 15 is 0 Å². The number of hydrogen-bond donors (Lipinski definition) is 1. The Balaban J connectivity index is 1.45. The number of non-ortho nitro benzene ring substituents is 1. The minimum absolute atomic E-state index is 0.0380. The van der Waals surface area contributed by atoms with E-state index in [0.29, 0.717) is 35.9 Å². The van der Waals surface area contributed by atoms with Crippen LogP contribution in [0.1, 0.15) is 30.5 Å². The van der Waals surface area contributed by atoms with Gasteiger partial charge >= 0.3 is 0 Å². The van der Waals surface area contributed by atoms with Crippen LogP contribution in [0, 0.1) is 17.0 Å². The first-order valence-corrected chi connectivity index (χ1v) is 12.4. The molecule has 1 aliphatic rings. The SMILES string of the molecule is Cc1cc(NC(=O)Cc2ccc(S(=O)(=O)N3CCCCC3)cc2)n(-c2ccc([N+](=O)[O-])cc2)n1. The molecule has 11 heteroatoms. The van der Waals surface area contributed by atoms with Crippen molar-refractivity contribution in [1.82, 2.24) is 14.1 Å². The lowest BCUT2D eigenvalue weighted by Crippen LogP contribution is -2.35. The smallest absolute Gasteiger partial charge is 0.269 e. The predicted octanol–water partition coefficient (Wildman–Crippen LogP) is 3.44. The predicted molar refractivity (Wildman–Crippen MR) is 126 cm³/mol. The number of nitrogens with zero attached hydrogens (tertiary/aromatic N) is 4. The van der Waals surface area contributed by atoms with Crippen LogP contribution < -0.4 is 5.32 Å². The van der Waals surface area contributed by atoms with Gasteiger partial charge in [-0.15, -0.1) is 0 Å². The van der Waals surface area contributed by atoms with Crippen LogP contribution in [0.3, 0.4) is 0 Å². The average Bonchev–Trinajstić information content (AvgIpc) is 3.19. The van der Waals surface area contributed by atoms with E-state index in [4.69, 9.17) is 0 Å². The molecule has 1 saturated heterocycles. The van der Waals surface area contributed by atoms with Gasteiger partial charge in [0.05, 0.1) is 27.6 Å². The fourth-order valence-electron chi connectivity index (χ4n) is 3.91. The number of hydrogen-bond acceptors (Lipinski definition) is 6. The van der Waals surface area contributed by atoms with Gasteiger partial charge in [-0.05, 0) is 49.6 Å². The van der Waals surface area contributed by atoms with Gasteiger partial charge in [0.25, 0.3) is 5.69 Å². The number of benzene rings is 2. The van der Waals surface area contributed by atoms with Crippen LogP contribution in [0.5, 0.6) is 0 Å². The molecule has 10 nitrogen and oxygen atoms in total. The Morgan fingerprint density at radius 1 is 1.06 bits per heavy atom. The molecule has 3 aromatic rings. The molecule has 1 fully saturated rings. The van der Waals surface area contributed by atoms with Crippen LogP contribution >= 0.6 is 0 Å². The van der Waals surface area contributed by atoms with Crippen molar-refractivity contribution >= 4 is 27.4 Å². The lowest BCUT2D eigenvalue weighted by Gasteiger charge is -2.25. The summed E-state index contributed by atoms with van der Waals surface area (Å²) in [7, 11) is -3.52. The standard InChI is InChI=1S/C23H25N5O5S/c1-17-15-22(27(25-17)19-7-9-20(10-8-19)28(30)31)24-23(29)16-18-5-11-21(12-6-18)34(32,33)26-13-3-2-4-14-26/h5-12,15H,2-4,13-14,16H2,1H3,(H,24,29). The van der Waals surface area contributed by atoms with Crippen molar-refractivity contribution in [3.05, 3.63) is 76.0 Å². The van der Waals surface area contributed by atoms with Gasteiger partial charge in [-0.2, -0.15) is 9.40 Å². The van der Waals surface area contributed by atoms with E-state index in [0.717, 1.165) is 19.3 Å². The van der Waals surface area contributed by atoms with Crippen LogP contribution in [0.15, 0.2) is 59.5 Å². The number of aromatic nitrogens is 2. The normalized spacial score (nSPS) is 14.6. The lowest BCUT2D eigenvalue weighted by molar-refractivity contribution is -0.384. The summed E-state index contributed by atoms with van der Waals surface area (Å²) in [6, 6.07) is 13.9. The number of nitro benzene ring substituents is 1. The molecule has 1 amide bonds. The molecule has 0 bridgehead atoms. The minimum atomic E-state index is -3.52. The Bertz CT molecular complexity index is 1290. The summed E-state index contributed by atoms with van der Waals surface area (Å²) in [5, 5.41) is 18.1. The first kappa shape index (κ1) is 23.6. The van der Waals surface area contributed by atoms with E-state index in [1.54, 1.807) is 37.3 Å². The van der Waals surface area contributed by atoms with Gasteiger partial charge in [-0.25, -0.2) is 13.1 Å². The highest BCUT2D eigenvalue weighted by molar-refractivity contribution is 7.89. The number of nitrogens with one attached hydrogen (secondary N) is 1. The number of aryl methyl sites for hydroxylation is 1. The molecule has 178 valence electrons. The summed E-state index contributed by atoms with van der Waals surface area (Å²) in [6.07, 6.45) is 2.83. The molecular weight excluding hydrogens is 458 g/mol. The number of nitro groups is 1. The first-order chi connectivity index (χ1) is 16.2. The van der Waals surface area contributed by atoms with Gasteiger partial charge in [0.1, 0.15) is 5.82 Å². The quantitative estimate of drug-likeness (QED) is 0.405. The van der Waals surface area contributed by atoms with E-state index in [9.17, 15) is 23.3 Å². The van der Waals surface area contributed by atoms with Gasteiger partial charge in [0.2, 0.25) is 15.9 Å². The number of rotatable bonds is 7. The fraction of sp³-hybridized carbons (Fsp3) is 0.304. The Morgan fingerprint density at radius 3 is 2.32 bits per heavy atom. The molecule has 4 rings (SSSR count). The van der Waals surface area contributed by atoms with Crippen molar-refractivity contribution in [1.29, 1.82) is 0 Å². The highest BCUT2D eigenvalue weighted by Gasteiger charge is 2.25. The van der Waals surface area contributed by atoms with Crippen LogP contribution in [-0.2, 0) is 21.2 Å². The summed E-state index contributed by atoms with van der Waals surface area (Å²) < 4.78 is 28.6. The molecule has 1 aliphatic heterocycles. The van der Waals surface area contributed by atoms with E-state index in [1.165, 1.54) is 33.3 Å². The number of carbonyl (C=O) groups is 1. The van der Waals surface area contributed by atoms with Crippen molar-refractivity contribution in [2.75, 3.05) is 18.4 Å².